The van der Waals surface area contributed by atoms with Gasteiger partial charge in [-0.15, -0.1) is 0 Å². The lowest BCUT2D eigenvalue weighted by atomic mass is 10.2. The van der Waals surface area contributed by atoms with Crippen LogP contribution < -0.4 is 10.5 Å². The van der Waals surface area contributed by atoms with Crippen molar-refractivity contribution in [1.29, 1.82) is 0 Å². The maximum absolute atomic E-state index is 13.4. The molecule has 0 aliphatic carbocycles. The van der Waals surface area contributed by atoms with Crippen molar-refractivity contribution in [2.75, 3.05) is 13.1 Å². The van der Waals surface area contributed by atoms with Gasteiger partial charge in [-0.05, 0) is 18.2 Å². The SMILES string of the molecule is NCc1cc(Oc2cccc(C(=O)N3CC(O)C(F)C3)c2)ncn1. The lowest BCUT2D eigenvalue weighted by molar-refractivity contribution is 0.0764. The molecule has 2 aromatic rings. The first-order valence-corrected chi connectivity index (χ1v) is 7.47. The number of β-amino-alcohol motifs (C(OH)–C–C–N with tert-alkyl or cyclic N) is 1. The number of halogens is 1. The highest BCUT2D eigenvalue weighted by Crippen LogP contribution is 2.23. The van der Waals surface area contributed by atoms with Crippen LogP contribution in [0.1, 0.15) is 16.1 Å². The number of hydrogen-bond donors (Lipinski definition) is 2. The number of hydrogen-bond acceptors (Lipinski definition) is 6. The Hall–Kier alpha value is -2.58. The number of carbonyl (C=O) groups is 1. The van der Waals surface area contributed by atoms with E-state index >= 15 is 0 Å². The van der Waals surface area contributed by atoms with E-state index in [0.717, 1.165) is 0 Å². The predicted molar refractivity (Wildman–Crippen MR) is 83.2 cm³/mol. The zero-order valence-electron chi connectivity index (χ0n) is 12.8. The highest BCUT2D eigenvalue weighted by Gasteiger charge is 2.34. The van der Waals surface area contributed by atoms with Crippen LogP contribution in [0, 0.1) is 0 Å². The number of aliphatic hydroxyl groups excluding tert-OH is 1. The molecule has 24 heavy (non-hydrogen) atoms. The van der Waals surface area contributed by atoms with E-state index in [1.54, 1.807) is 30.3 Å². The van der Waals surface area contributed by atoms with E-state index in [1.807, 2.05) is 0 Å². The molecule has 2 unspecified atom stereocenters. The van der Waals surface area contributed by atoms with Crippen molar-refractivity contribution in [2.45, 2.75) is 18.8 Å². The first-order chi connectivity index (χ1) is 11.6. The van der Waals surface area contributed by atoms with Gasteiger partial charge in [0.1, 0.15) is 24.4 Å². The fourth-order valence-electron chi connectivity index (χ4n) is 2.45. The largest absolute Gasteiger partial charge is 0.439 e. The summed E-state index contributed by atoms with van der Waals surface area (Å²) in [6, 6.07) is 8.10. The number of benzene rings is 1. The monoisotopic (exact) mass is 332 g/mol. The Morgan fingerprint density at radius 1 is 1.38 bits per heavy atom. The van der Waals surface area contributed by atoms with Crippen molar-refractivity contribution in [1.82, 2.24) is 14.9 Å². The van der Waals surface area contributed by atoms with Gasteiger partial charge in [-0.3, -0.25) is 4.79 Å². The van der Waals surface area contributed by atoms with Crippen molar-refractivity contribution in [3.8, 4) is 11.6 Å². The minimum absolute atomic E-state index is 0.0170. The number of nitrogens with two attached hydrogens (primary N) is 1. The van der Waals surface area contributed by atoms with E-state index in [0.29, 0.717) is 22.9 Å². The molecule has 0 radical (unpaired) electrons. The van der Waals surface area contributed by atoms with Crippen LogP contribution in [0.15, 0.2) is 36.7 Å². The summed E-state index contributed by atoms with van der Waals surface area (Å²) >= 11 is 0. The molecular formula is C16H17FN4O3. The van der Waals surface area contributed by atoms with Crippen molar-refractivity contribution in [3.63, 3.8) is 0 Å². The Morgan fingerprint density at radius 3 is 2.92 bits per heavy atom. The average Bonchev–Trinajstić information content (AvgIpc) is 2.93. The Balaban J connectivity index is 1.75. The van der Waals surface area contributed by atoms with Gasteiger partial charge in [0.15, 0.2) is 0 Å². The Morgan fingerprint density at radius 2 is 2.21 bits per heavy atom. The zero-order valence-corrected chi connectivity index (χ0v) is 12.8. The smallest absolute Gasteiger partial charge is 0.254 e. The fourth-order valence-corrected chi connectivity index (χ4v) is 2.45. The third-order valence-electron chi connectivity index (χ3n) is 3.72. The normalized spacial score (nSPS) is 20.2. The van der Waals surface area contributed by atoms with E-state index in [9.17, 15) is 14.3 Å². The first kappa shape index (κ1) is 16.3. The second kappa shape index (κ2) is 6.90. The molecule has 0 bridgehead atoms. The van der Waals surface area contributed by atoms with Gasteiger partial charge in [0.2, 0.25) is 5.88 Å². The molecular weight excluding hydrogens is 315 g/mol. The second-order valence-corrected chi connectivity index (χ2v) is 5.48. The number of likely N-dealkylation sites (tertiary alicyclic amines) is 1. The second-order valence-electron chi connectivity index (χ2n) is 5.48. The van der Waals surface area contributed by atoms with Gasteiger partial charge in [0.05, 0.1) is 12.2 Å². The van der Waals surface area contributed by atoms with Crippen molar-refractivity contribution in [2.24, 2.45) is 5.73 Å². The molecule has 1 aromatic carbocycles. The Kier molecular flexibility index (Phi) is 4.68. The molecule has 1 amide bonds. The topological polar surface area (TPSA) is 102 Å². The zero-order chi connectivity index (χ0) is 17.1. The number of alkyl halides is 1. The molecule has 1 aromatic heterocycles. The van der Waals surface area contributed by atoms with Gasteiger partial charge < -0.3 is 20.5 Å². The van der Waals surface area contributed by atoms with Gasteiger partial charge in [-0.2, -0.15) is 0 Å². The van der Waals surface area contributed by atoms with Crippen molar-refractivity contribution in [3.05, 3.63) is 47.9 Å². The highest BCUT2D eigenvalue weighted by atomic mass is 19.1. The summed E-state index contributed by atoms with van der Waals surface area (Å²) in [4.78, 5) is 21.6. The summed E-state index contributed by atoms with van der Waals surface area (Å²) < 4.78 is 19.0. The Labute approximate surface area is 137 Å². The molecule has 7 nitrogen and oxygen atoms in total. The van der Waals surface area contributed by atoms with Crippen LogP contribution in [0.5, 0.6) is 11.6 Å². The third kappa shape index (κ3) is 3.50. The molecule has 2 atom stereocenters. The third-order valence-corrected chi connectivity index (χ3v) is 3.72. The van der Waals surface area contributed by atoms with Gasteiger partial charge in [0, 0.05) is 24.7 Å². The van der Waals surface area contributed by atoms with Crippen LogP contribution in [0.4, 0.5) is 4.39 Å². The van der Waals surface area contributed by atoms with E-state index < -0.39 is 12.3 Å². The van der Waals surface area contributed by atoms with E-state index in [1.165, 1.54) is 11.2 Å². The highest BCUT2D eigenvalue weighted by molar-refractivity contribution is 5.94. The van der Waals surface area contributed by atoms with Crippen LogP contribution >= 0.6 is 0 Å². The Bertz CT molecular complexity index is 733. The lowest BCUT2D eigenvalue weighted by Gasteiger charge is -2.15. The maximum atomic E-state index is 13.4. The first-order valence-electron chi connectivity index (χ1n) is 7.47. The van der Waals surface area contributed by atoms with Crippen LogP contribution in [0.3, 0.4) is 0 Å². The number of amides is 1. The fraction of sp³-hybridized carbons (Fsp3) is 0.312. The summed E-state index contributed by atoms with van der Waals surface area (Å²) in [5, 5.41) is 9.44. The molecule has 1 aliphatic rings. The molecule has 2 heterocycles. The number of aliphatic hydroxyl groups is 1. The lowest BCUT2D eigenvalue weighted by Crippen LogP contribution is -2.29. The van der Waals surface area contributed by atoms with Crippen molar-refractivity contribution < 1.29 is 19.0 Å². The van der Waals surface area contributed by atoms with E-state index in [4.69, 9.17) is 10.5 Å². The molecule has 0 spiro atoms. The average molecular weight is 332 g/mol. The van der Waals surface area contributed by atoms with Crippen LogP contribution in [-0.2, 0) is 6.54 Å². The molecule has 1 aliphatic heterocycles. The summed E-state index contributed by atoms with van der Waals surface area (Å²) in [7, 11) is 0. The van der Waals surface area contributed by atoms with Gasteiger partial charge in [-0.25, -0.2) is 14.4 Å². The van der Waals surface area contributed by atoms with Crippen LogP contribution in [0.25, 0.3) is 0 Å². The van der Waals surface area contributed by atoms with Gasteiger partial charge in [0.25, 0.3) is 5.91 Å². The number of ether oxygens (including phenoxy) is 1. The van der Waals surface area contributed by atoms with Crippen LogP contribution in [-0.4, -0.2) is 51.2 Å². The molecule has 1 saturated heterocycles. The maximum Gasteiger partial charge on any atom is 0.254 e. The quantitative estimate of drug-likeness (QED) is 0.862. The molecule has 1 fully saturated rings. The van der Waals surface area contributed by atoms with E-state index in [-0.39, 0.29) is 25.5 Å². The minimum atomic E-state index is -1.41. The van der Waals surface area contributed by atoms with Gasteiger partial charge in [-0.1, -0.05) is 6.07 Å². The number of aromatic nitrogens is 2. The molecule has 0 saturated carbocycles. The van der Waals surface area contributed by atoms with Crippen LogP contribution in [0.2, 0.25) is 0 Å². The summed E-state index contributed by atoms with van der Waals surface area (Å²) in [5.74, 6) is 0.375. The van der Waals surface area contributed by atoms with Gasteiger partial charge >= 0.3 is 0 Å². The predicted octanol–water partition coefficient (Wildman–Crippen LogP) is 0.882. The molecule has 3 rings (SSSR count). The number of nitrogens with zero attached hydrogens (tertiary/aromatic N) is 3. The summed E-state index contributed by atoms with van der Waals surface area (Å²) in [5.41, 5.74) is 6.50. The number of rotatable bonds is 4. The molecule has 3 N–H and O–H groups in total. The van der Waals surface area contributed by atoms with E-state index in [2.05, 4.69) is 9.97 Å². The summed E-state index contributed by atoms with van der Waals surface area (Å²) in [6.45, 7) is 0.132. The minimum Gasteiger partial charge on any atom is -0.439 e. The molecule has 8 heteroatoms. The summed E-state index contributed by atoms with van der Waals surface area (Å²) in [6.07, 6.45) is -1.20. The van der Waals surface area contributed by atoms with Crippen molar-refractivity contribution >= 4 is 5.91 Å². The standard InChI is InChI=1S/C16H17FN4O3/c17-13-7-21(8-14(13)22)16(23)10-2-1-3-12(4-10)24-15-5-11(6-18)19-9-20-15/h1-5,9,13-14,22H,6-8,18H2. The number of carbonyl (C=O) groups excluding carboxylic acids is 1. The molecule has 126 valence electrons.